The van der Waals surface area contributed by atoms with Crippen molar-refractivity contribution in [2.45, 2.75) is 19.7 Å². The molecule has 1 N–H and O–H groups in total. The van der Waals surface area contributed by atoms with Gasteiger partial charge in [0.1, 0.15) is 12.8 Å². The van der Waals surface area contributed by atoms with Gasteiger partial charge in [-0.1, -0.05) is 11.6 Å². The van der Waals surface area contributed by atoms with E-state index in [9.17, 15) is 14.2 Å². The first kappa shape index (κ1) is 13.3. The molecule has 1 aromatic carbocycles. The van der Waals surface area contributed by atoms with Crippen LogP contribution in [0.4, 0.5) is 4.39 Å². The lowest BCUT2D eigenvalue weighted by Crippen LogP contribution is -2.29. The molecule has 1 aromatic rings. The van der Waals surface area contributed by atoms with Gasteiger partial charge in [0.15, 0.2) is 0 Å². The van der Waals surface area contributed by atoms with Gasteiger partial charge in [-0.25, -0.2) is 9.18 Å². The van der Waals surface area contributed by atoms with Gasteiger partial charge in [-0.2, -0.15) is 0 Å². The highest BCUT2D eigenvalue weighted by Gasteiger charge is 2.29. The quantitative estimate of drug-likeness (QED) is 0.661. The number of halogens is 2. The molecular weight excluding hydrogens is 261 g/mol. The lowest BCUT2D eigenvalue weighted by atomic mass is 9.79. The second kappa shape index (κ2) is 5.26. The van der Waals surface area contributed by atoms with Crippen LogP contribution in [0.15, 0.2) is 12.1 Å². The molecule has 0 radical (unpaired) electrons. The zero-order chi connectivity index (χ0) is 13.3. The Hall–Kier alpha value is -1.11. The Morgan fingerprint density at radius 3 is 3.11 bits per heavy atom. The van der Waals surface area contributed by atoms with Crippen LogP contribution < -0.4 is 5.46 Å². The van der Waals surface area contributed by atoms with E-state index in [1.807, 2.05) is 0 Å². The predicted octanol–water partition coefficient (Wildman–Crippen LogP) is 1.07. The summed E-state index contributed by atoms with van der Waals surface area (Å²) >= 11 is 5.93. The molecule has 0 aliphatic carbocycles. The van der Waals surface area contributed by atoms with Crippen LogP contribution >= 0.6 is 11.6 Å². The zero-order valence-electron chi connectivity index (χ0n) is 9.65. The maximum absolute atomic E-state index is 12.6. The summed E-state index contributed by atoms with van der Waals surface area (Å²) in [7, 11) is -1.07. The first-order valence-electron chi connectivity index (χ1n) is 5.42. The number of carbonyl (C=O) groups is 1. The van der Waals surface area contributed by atoms with Gasteiger partial charge in [0.25, 0.3) is 0 Å². The topological polar surface area (TPSA) is 55.8 Å². The van der Waals surface area contributed by atoms with Crippen molar-refractivity contribution in [1.82, 2.24) is 0 Å². The third kappa shape index (κ3) is 2.66. The molecule has 7 heteroatoms. The lowest BCUT2D eigenvalue weighted by Gasteiger charge is -2.08. The van der Waals surface area contributed by atoms with Crippen molar-refractivity contribution in [3.05, 3.63) is 28.3 Å². The number of benzene rings is 1. The van der Waals surface area contributed by atoms with Gasteiger partial charge in [-0.3, -0.25) is 0 Å². The third-order valence-corrected chi connectivity index (χ3v) is 2.87. The molecule has 1 unspecified atom stereocenters. The largest absolute Gasteiger partial charge is 0.491 e. The smallest absolute Gasteiger partial charge is 0.459 e. The second-order valence-corrected chi connectivity index (χ2v) is 4.48. The Labute approximate surface area is 109 Å². The third-order valence-electron chi connectivity index (χ3n) is 2.56. The minimum Gasteiger partial charge on any atom is -0.459 e. The van der Waals surface area contributed by atoms with Crippen LogP contribution in [-0.2, 0) is 16.0 Å². The number of fused-ring (bicyclic) bond motifs is 1. The van der Waals surface area contributed by atoms with E-state index in [-0.39, 0.29) is 23.8 Å². The molecule has 1 aliphatic heterocycles. The number of carbonyl (C=O) groups excluding carboxylic acids is 1. The van der Waals surface area contributed by atoms with Crippen LogP contribution in [0.25, 0.3) is 0 Å². The predicted molar refractivity (Wildman–Crippen MR) is 64.7 cm³/mol. The summed E-state index contributed by atoms with van der Waals surface area (Å²) in [4.78, 5) is 11.7. The molecule has 1 heterocycles. The highest BCUT2D eigenvalue weighted by molar-refractivity contribution is 6.61. The fraction of sp³-hybridized carbons (Fsp3) is 0.364. The van der Waals surface area contributed by atoms with Crippen molar-refractivity contribution in [3.63, 3.8) is 0 Å². The minimum atomic E-state index is -1.24. The summed E-state index contributed by atoms with van der Waals surface area (Å²) in [5, 5.41) is 9.72. The van der Waals surface area contributed by atoms with Crippen molar-refractivity contribution in [2.24, 2.45) is 0 Å². The van der Waals surface area contributed by atoms with Crippen molar-refractivity contribution in [1.29, 1.82) is 0 Å². The molecule has 0 fully saturated rings. The first-order valence-corrected chi connectivity index (χ1v) is 5.80. The maximum Gasteiger partial charge on any atom is 0.491 e. The van der Waals surface area contributed by atoms with Crippen molar-refractivity contribution in [3.8, 4) is 0 Å². The Morgan fingerprint density at radius 2 is 2.44 bits per heavy atom. The first-order chi connectivity index (χ1) is 8.49. The van der Waals surface area contributed by atoms with E-state index >= 15 is 0 Å². The van der Waals surface area contributed by atoms with Crippen LogP contribution in [0.1, 0.15) is 22.8 Å². The average Bonchev–Trinajstić information content (AvgIpc) is 2.66. The minimum absolute atomic E-state index is 0.0978. The fourth-order valence-corrected chi connectivity index (χ4v) is 1.93. The summed E-state index contributed by atoms with van der Waals surface area (Å²) in [6.45, 7) is 1.20. The standard InChI is InChI=1S/C11H11BClFO4/c1-6(14)4-17-11(15)8-3-9-7(2-10(8)13)5-18-12(9)16/h2-3,6,16H,4-5H2,1H3. The maximum atomic E-state index is 12.6. The molecule has 1 atom stereocenters. The van der Waals surface area contributed by atoms with Crippen LogP contribution in [0.5, 0.6) is 0 Å². The van der Waals surface area contributed by atoms with Gasteiger partial charge in [0.05, 0.1) is 17.2 Å². The molecule has 2 rings (SSSR count). The van der Waals surface area contributed by atoms with Gasteiger partial charge in [0, 0.05) is 0 Å². The summed E-state index contributed by atoms with van der Waals surface area (Å²) in [5.41, 5.74) is 1.31. The van der Waals surface area contributed by atoms with E-state index in [2.05, 4.69) is 0 Å². The van der Waals surface area contributed by atoms with Crippen molar-refractivity contribution >= 4 is 30.2 Å². The summed E-state index contributed by atoms with van der Waals surface area (Å²) < 4.78 is 22.3. The molecule has 18 heavy (non-hydrogen) atoms. The van der Waals surface area contributed by atoms with E-state index in [0.29, 0.717) is 5.46 Å². The second-order valence-electron chi connectivity index (χ2n) is 4.07. The van der Waals surface area contributed by atoms with Gasteiger partial charge < -0.3 is 14.4 Å². The van der Waals surface area contributed by atoms with E-state index in [0.717, 1.165) is 5.56 Å². The Kier molecular flexibility index (Phi) is 3.89. The summed E-state index contributed by atoms with van der Waals surface area (Å²) in [6, 6.07) is 2.96. The van der Waals surface area contributed by atoms with E-state index in [1.54, 1.807) is 6.07 Å². The lowest BCUT2D eigenvalue weighted by molar-refractivity contribution is 0.0416. The normalized spacial score (nSPS) is 15.4. The zero-order valence-corrected chi connectivity index (χ0v) is 10.4. The molecular formula is C11H11BClFO4. The summed E-state index contributed by atoms with van der Waals surface area (Å²) in [6.07, 6.45) is -1.24. The Balaban J connectivity index is 2.23. The van der Waals surface area contributed by atoms with E-state index in [1.165, 1.54) is 13.0 Å². The molecule has 0 saturated carbocycles. The molecule has 0 aromatic heterocycles. The molecule has 96 valence electrons. The number of hydrogen-bond acceptors (Lipinski definition) is 4. The van der Waals surface area contributed by atoms with E-state index in [4.69, 9.17) is 21.0 Å². The number of alkyl halides is 1. The fourth-order valence-electron chi connectivity index (χ4n) is 1.67. The van der Waals surface area contributed by atoms with Gasteiger partial charge in [0.2, 0.25) is 0 Å². The molecule has 0 bridgehead atoms. The number of hydrogen-bond donors (Lipinski definition) is 1. The van der Waals surface area contributed by atoms with Crippen molar-refractivity contribution in [2.75, 3.05) is 6.61 Å². The van der Waals surface area contributed by atoms with Crippen LogP contribution in [0.2, 0.25) is 5.02 Å². The Morgan fingerprint density at radius 1 is 1.72 bits per heavy atom. The van der Waals surface area contributed by atoms with Crippen LogP contribution in [0, 0.1) is 0 Å². The average molecular weight is 272 g/mol. The van der Waals surface area contributed by atoms with Crippen LogP contribution in [0.3, 0.4) is 0 Å². The van der Waals surface area contributed by atoms with Gasteiger partial charge >= 0.3 is 13.1 Å². The molecule has 0 spiro atoms. The SMILES string of the molecule is CC(F)COC(=O)c1cc2c(cc1Cl)COB2O. The van der Waals surface area contributed by atoms with Gasteiger partial charge in [-0.05, 0) is 30.1 Å². The number of rotatable bonds is 3. The van der Waals surface area contributed by atoms with E-state index < -0.39 is 19.3 Å². The molecule has 1 aliphatic rings. The highest BCUT2D eigenvalue weighted by atomic mass is 35.5. The molecule has 4 nitrogen and oxygen atoms in total. The summed E-state index contributed by atoms with van der Waals surface area (Å²) in [5.74, 6) is -0.716. The number of ether oxygens (including phenoxy) is 1. The van der Waals surface area contributed by atoms with Gasteiger partial charge in [-0.15, -0.1) is 0 Å². The molecule has 0 amide bonds. The number of esters is 1. The van der Waals surface area contributed by atoms with Crippen LogP contribution in [-0.4, -0.2) is 30.9 Å². The monoisotopic (exact) mass is 272 g/mol. The van der Waals surface area contributed by atoms with Crippen molar-refractivity contribution < 1.29 is 23.6 Å². The highest BCUT2D eigenvalue weighted by Crippen LogP contribution is 2.21. The molecule has 0 saturated heterocycles. The Bertz CT molecular complexity index is 480.